The van der Waals surface area contributed by atoms with Crippen molar-refractivity contribution in [2.24, 2.45) is 7.05 Å². The predicted molar refractivity (Wildman–Crippen MR) is 99.3 cm³/mol. The van der Waals surface area contributed by atoms with E-state index in [4.69, 9.17) is 16.8 Å². The zero-order valence-electron chi connectivity index (χ0n) is 22.4. The van der Waals surface area contributed by atoms with Crippen LogP contribution in [0.5, 0.6) is 0 Å². The van der Waals surface area contributed by atoms with Gasteiger partial charge in [-0.25, -0.2) is 4.57 Å². The third-order valence-corrected chi connectivity index (χ3v) is 4.38. The molecule has 0 fully saturated rings. The lowest BCUT2D eigenvalue weighted by Gasteiger charge is -2.09. The minimum atomic E-state index is -2.66. The number of benzene rings is 2. The van der Waals surface area contributed by atoms with Crippen molar-refractivity contribution in [3.63, 3.8) is 0 Å². The zero-order valence-corrected chi connectivity index (χ0v) is 13.4. The summed E-state index contributed by atoms with van der Waals surface area (Å²) in [6.07, 6.45) is 1.30. The average Bonchev–Trinajstić information content (AvgIpc) is 3.04. The van der Waals surface area contributed by atoms with E-state index in [1.165, 1.54) is 12.3 Å². The van der Waals surface area contributed by atoms with Crippen LogP contribution in [0.1, 0.15) is 34.6 Å². The minimum Gasteiger partial charge on any atom is -0.455 e. The van der Waals surface area contributed by atoms with Crippen molar-refractivity contribution in [3.8, 4) is 11.3 Å². The van der Waals surface area contributed by atoms with Crippen LogP contribution in [-0.2, 0) is 7.05 Å². The van der Waals surface area contributed by atoms with Gasteiger partial charge in [-0.15, -0.1) is 0 Å². The monoisotopic (exact) mass is 325 g/mol. The summed E-state index contributed by atoms with van der Waals surface area (Å²) < 4.78 is 78.9. The van der Waals surface area contributed by atoms with Gasteiger partial charge in [-0.3, -0.25) is 0 Å². The highest BCUT2D eigenvalue weighted by Crippen LogP contribution is 2.39. The fourth-order valence-corrected chi connectivity index (χ4v) is 3.24. The van der Waals surface area contributed by atoms with E-state index >= 15 is 0 Å². The van der Waals surface area contributed by atoms with E-state index in [9.17, 15) is 0 Å². The molecule has 4 aromatic rings. The molecular weight excluding hydrogens is 294 g/mol. The van der Waals surface area contributed by atoms with E-state index in [1.807, 2.05) is 0 Å². The van der Waals surface area contributed by atoms with E-state index in [0.717, 1.165) is 0 Å². The first-order valence-corrected chi connectivity index (χ1v) is 7.61. The summed E-state index contributed by atoms with van der Waals surface area (Å²) in [6, 6.07) is 10.0. The Labute approximate surface area is 155 Å². The van der Waals surface area contributed by atoms with E-state index in [2.05, 4.69) is 0 Å². The summed E-state index contributed by atoms with van der Waals surface area (Å²) in [5, 5.41) is 1.07. The smallest absolute Gasteiger partial charge is 0.216 e. The number of fused-ring (bicyclic) bond motifs is 3. The van der Waals surface area contributed by atoms with Crippen molar-refractivity contribution in [2.75, 3.05) is 0 Å². The van der Waals surface area contributed by atoms with Gasteiger partial charge in [0.15, 0.2) is 6.20 Å². The Morgan fingerprint density at radius 2 is 1.75 bits per heavy atom. The third kappa shape index (κ3) is 2.06. The van der Waals surface area contributed by atoms with Crippen molar-refractivity contribution >= 4 is 21.9 Å². The number of para-hydroxylation sites is 1. The first kappa shape index (κ1) is 7.98. The molecule has 0 spiro atoms. The highest BCUT2D eigenvalue weighted by atomic mass is 16.3. The molecule has 2 aromatic carbocycles. The maximum atomic E-state index is 8.05. The Balaban J connectivity index is 2.17. The lowest BCUT2D eigenvalue weighted by atomic mass is 9.96. The van der Waals surface area contributed by atoms with Gasteiger partial charge >= 0.3 is 0 Å². The van der Waals surface area contributed by atoms with E-state index in [0.29, 0.717) is 38.8 Å². The number of nitrogens with zero attached hydrogens (tertiary/aromatic N) is 1. The van der Waals surface area contributed by atoms with Crippen molar-refractivity contribution in [1.29, 1.82) is 0 Å². The molecular formula is C22H22NO+. The molecule has 0 saturated heterocycles. The fraction of sp³-hybridized carbons (Fsp3) is 0.227. The van der Waals surface area contributed by atoms with Crippen LogP contribution in [0.3, 0.4) is 0 Å². The van der Waals surface area contributed by atoms with Crippen molar-refractivity contribution in [2.45, 2.75) is 27.5 Å². The number of furan rings is 1. The van der Waals surface area contributed by atoms with Crippen LogP contribution < -0.4 is 4.57 Å². The van der Waals surface area contributed by atoms with E-state index in [-0.39, 0.29) is 16.7 Å². The number of aromatic nitrogens is 1. The maximum absolute atomic E-state index is 8.05. The molecule has 0 N–H and O–H groups in total. The Hall–Kier alpha value is -2.61. The maximum Gasteiger partial charge on any atom is 0.216 e. The number of aryl methyl sites for hydroxylation is 5. The SMILES string of the molecule is [2H]C([2H])([2H])c1cc(-c2c(C)cc(C([2H])([2H])[2H])c3c2oc2ccccc23)[n+](C)cc1C([2H])([2H])[2H]. The number of rotatable bonds is 1. The molecule has 0 aliphatic heterocycles. The average molecular weight is 325 g/mol. The van der Waals surface area contributed by atoms with Crippen molar-refractivity contribution < 1.29 is 21.3 Å². The van der Waals surface area contributed by atoms with Gasteiger partial charge in [-0.1, -0.05) is 24.3 Å². The second kappa shape index (κ2) is 5.20. The van der Waals surface area contributed by atoms with Crippen LogP contribution in [0.25, 0.3) is 33.2 Å². The summed E-state index contributed by atoms with van der Waals surface area (Å²) in [4.78, 5) is 0. The summed E-state index contributed by atoms with van der Waals surface area (Å²) in [6.45, 7) is -5.95. The first-order chi connectivity index (χ1) is 15.1. The van der Waals surface area contributed by atoms with Gasteiger partial charge in [0.2, 0.25) is 5.69 Å². The van der Waals surface area contributed by atoms with Crippen molar-refractivity contribution in [1.82, 2.24) is 0 Å². The summed E-state index contributed by atoms with van der Waals surface area (Å²) in [7, 11) is 1.62. The van der Waals surface area contributed by atoms with Gasteiger partial charge in [0.1, 0.15) is 18.2 Å². The highest BCUT2D eigenvalue weighted by molar-refractivity contribution is 6.11. The van der Waals surface area contributed by atoms with Crippen molar-refractivity contribution in [3.05, 3.63) is 64.8 Å². The quantitative estimate of drug-likeness (QED) is 0.433. The highest BCUT2D eigenvalue weighted by Gasteiger charge is 2.22. The summed E-state index contributed by atoms with van der Waals surface area (Å²) >= 11 is 0. The molecule has 2 heterocycles. The molecule has 0 radical (unpaired) electrons. The summed E-state index contributed by atoms with van der Waals surface area (Å²) in [5.41, 5.74) is 1.92. The zero-order chi connectivity index (χ0) is 24.5. The molecule has 24 heavy (non-hydrogen) atoms. The Bertz CT molecular complexity index is 1390. The Morgan fingerprint density at radius 1 is 0.958 bits per heavy atom. The molecule has 0 atom stereocenters. The predicted octanol–water partition coefficient (Wildman–Crippen LogP) is 5.31. The molecule has 0 bridgehead atoms. The van der Waals surface area contributed by atoms with Crippen LogP contribution in [0.15, 0.2) is 47.0 Å². The number of hydrogen-bond acceptors (Lipinski definition) is 1. The largest absolute Gasteiger partial charge is 0.455 e. The number of hydrogen-bond donors (Lipinski definition) is 0. The molecule has 2 nitrogen and oxygen atoms in total. The van der Waals surface area contributed by atoms with Gasteiger partial charge in [0.25, 0.3) is 0 Å². The molecule has 2 aromatic heterocycles. The Kier molecular flexibility index (Phi) is 1.73. The van der Waals surface area contributed by atoms with Gasteiger partial charge in [0.05, 0.1) is 5.56 Å². The van der Waals surface area contributed by atoms with Gasteiger partial charge in [0, 0.05) is 34.7 Å². The molecule has 0 aliphatic rings. The minimum absolute atomic E-state index is 0.140. The van der Waals surface area contributed by atoms with Crippen LogP contribution in [0.4, 0.5) is 0 Å². The van der Waals surface area contributed by atoms with Crippen LogP contribution in [-0.4, -0.2) is 0 Å². The summed E-state index contributed by atoms with van der Waals surface area (Å²) in [5.74, 6) is 0. The molecule has 120 valence electrons. The molecule has 2 heteroatoms. The topological polar surface area (TPSA) is 17.0 Å². The van der Waals surface area contributed by atoms with Gasteiger partial charge in [-0.2, -0.15) is 0 Å². The molecule has 4 rings (SSSR count). The van der Waals surface area contributed by atoms with E-state index < -0.39 is 20.6 Å². The Morgan fingerprint density at radius 3 is 2.54 bits per heavy atom. The van der Waals surface area contributed by atoms with Gasteiger partial charge < -0.3 is 4.42 Å². The second-order valence-corrected chi connectivity index (χ2v) is 6.02. The van der Waals surface area contributed by atoms with Gasteiger partial charge in [-0.05, 0) is 50.2 Å². The number of pyridine rings is 1. The first-order valence-electron chi connectivity index (χ1n) is 12.1. The standard InChI is InChI=1S/C22H22NO/c1-13-11-18(23(5)12-16(13)4)21-15(3)10-14(2)20-17-8-6-7-9-19(17)24-22(20)21/h6-12H,1-5H3/q+1/i1D3,2D3,4D3. The lowest BCUT2D eigenvalue weighted by Crippen LogP contribution is -2.31. The third-order valence-electron chi connectivity index (χ3n) is 4.38. The lowest BCUT2D eigenvalue weighted by molar-refractivity contribution is -0.660. The second-order valence-electron chi connectivity index (χ2n) is 6.02. The molecule has 0 saturated carbocycles. The normalized spacial score (nSPS) is 18.7. The molecule has 0 amide bonds. The van der Waals surface area contributed by atoms with E-state index in [1.54, 1.807) is 48.9 Å². The van der Waals surface area contributed by atoms with Crippen LogP contribution in [0.2, 0.25) is 0 Å². The fourth-order valence-electron chi connectivity index (χ4n) is 3.24. The van der Waals surface area contributed by atoms with Crippen LogP contribution in [0, 0.1) is 27.5 Å². The molecule has 0 unspecified atom stereocenters. The molecule has 0 aliphatic carbocycles. The van der Waals surface area contributed by atoms with Crippen LogP contribution >= 0.6 is 0 Å².